The van der Waals surface area contributed by atoms with Crippen molar-refractivity contribution in [2.75, 3.05) is 14.2 Å². The van der Waals surface area contributed by atoms with Gasteiger partial charge in [0.05, 0.1) is 30.5 Å². The zero-order valence-corrected chi connectivity index (χ0v) is 20.7. The van der Waals surface area contributed by atoms with Crippen LogP contribution in [0.25, 0.3) is 11.3 Å². The van der Waals surface area contributed by atoms with Gasteiger partial charge >= 0.3 is 0 Å². The molecule has 0 atom stereocenters. The lowest BCUT2D eigenvalue weighted by Gasteiger charge is -2.18. The molecule has 5 rings (SSSR count). The number of fused-ring (bicyclic) bond motifs is 1. The third-order valence-corrected chi connectivity index (χ3v) is 6.89. The van der Waals surface area contributed by atoms with Crippen molar-refractivity contribution in [1.82, 2.24) is 4.68 Å². The molecule has 8 nitrogen and oxygen atoms in total. The summed E-state index contributed by atoms with van der Waals surface area (Å²) < 4.78 is 12.9. The molecule has 0 N–H and O–H groups in total. The summed E-state index contributed by atoms with van der Waals surface area (Å²) in [6.45, 7) is 0. The van der Waals surface area contributed by atoms with E-state index in [1.807, 2.05) is 35.7 Å². The van der Waals surface area contributed by atoms with E-state index in [1.165, 1.54) is 23.0 Å². The molecule has 182 valence electrons. The molecule has 0 unspecified atom stereocenters. The summed E-state index contributed by atoms with van der Waals surface area (Å²) >= 11 is 1.36. The molecular weight excluding hydrogens is 476 g/mol. The van der Waals surface area contributed by atoms with Crippen LogP contribution in [-0.2, 0) is 6.42 Å². The van der Waals surface area contributed by atoms with Crippen LogP contribution in [0.2, 0.25) is 0 Å². The number of nitro benzene ring substituents is 1. The van der Waals surface area contributed by atoms with E-state index in [4.69, 9.17) is 14.6 Å². The van der Waals surface area contributed by atoms with Crippen molar-refractivity contribution in [3.8, 4) is 22.8 Å². The zero-order valence-electron chi connectivity index (χ0n) is 19.9. The molecule has 1 aromatic heterocycles. The highest BCUT2D eigenvalue weighted by Gasteiger charge is 2.19. The number of ether oxygens (including phenoxy) is 2. The van der Waals surface area contributed by atoms with E-state index >= 15 is 0 Å². The Morgan fingerprint density at radius 1 is 0.972 bits per heavy atom. The number of nitrogens with zero attached hydrogens (tertiary/aromatic N) is 4. The quantitative estimate of drug-likeness (QED) is 0.241. The van der Waals surface area contributed by atoms with Gasteiger partial charge in [0.2, 0.25) is 4.80 Å². The molecule has 3 aromatic carbocycles. The maximum Gasteiger partial charge on any atom is 0.294 e. The highest BCUT2D eigenvalue weighted by molar-refractivity contribution is 7.07. The van der Waals surface area contributed by atoms with Gasteiger partial charge in [0.15, 0.2) is 0 Å². The molecule has 4 aromatic rings. The van der Waals surface area contributed by atoms with Crippen LogP contribution in [0.4, 0.5) is 11.4 Å². The number of hydrogen-bond donors (Lipinski definition) is 0. The van der Waals surface area contributed by atoms with Gasteiger partial charge in [-0.1, -0.05) is 36.4 Å². The van der Waals surface area contributed by atoms with Gasteiger partial charge < -0.3 is 9.47 Å². The third kappa shape index (κ3) is 4.52. The standard InChI is InChI=1S/C27H24N4O4S/c1-34-19-14-15-26(35-2)21(16-19)25-17-36-27(28-23-11-5-6-13-24(23)31(32)33)30(25)29-22-12-7-9-18-8-3-4-10-20(18)22/h3-6,8,10-11,13-17H,7,9,12H2,1-2H3. The Kier molecular flexibility index (Phi) is 6.64. The predicted octanol–water partition coefficient (Wildman–Crippen LogP) is 5.96. The number of rotatable bonds is 6. The maximum atomic E-state index is 11.6. The van der Waals surface area contributed by atoms with E-state index in [0.29, 0.717) is 16.3 Å². The van der Waals surface area contributed by atoms with Gasteiger partial charge in [0, 0.05) is 22.6 Å². The Morgan fingerprint density at radius 2 is 1.78 bits per heavy atom. The first kappa shape index (κ1) is 23.5. The molecule has 1 aliphatic carbocycles. The second-order valence-corrected chi connectivity index (χ2v) is 9.03. The number of benzene rings is 3. The fraction of sp³-hybridized carbons (Fsp3) is 0.185. The number of aryl methyl sites for hydroxylation is 1. The van der Waals surface area contributed by atoms with E-state index < -0.39 is 4.92 Å². The van der Waals surface area contributed by atoms with Gasteiger partial charge in [-0.3, -0.25) is 10.1 Å². The fourth-order valence-corrected chi connectivity index (χ4v) is 5.15. The average Bonchev–Trinajstić information content (AvgIpc) is 3.30. The Balaban J connectivity index is 1.78. The molecule has 0 fully saturated rings. The first-order chi connectivity index (χ1) is 17.6. The highest BCUT2D eigenvalue weighted by Crippen LogP contribution is 2.35. The predicted molar refractivity (Wildman–Crippen MR) is 140 cm³/mol. The fourth-order valence-electron chi connectivity index (χ4n) is 4.32. The van der Waals surface area contributed by atoms with Crippen molar-refractivity contribution in [3.05, 3.63) is 98.2 Å². The Bertz CT molecular complexity index is 1540. The number of nitro groups is 1. The van der Waals surface area contributed by atoms with Crippen molar-refractivity contribution in [1.29, 1.82) is 0 Å². The first-order valence-electron chi connectivity index (χ1n) is 11.5. The topological polar surface area (TPSA) is 91.2 Å². The van der Waals surface area contributed by atoms with Crippen molar-refractivity contribution < 1.29 is 14.4 Å². The third-order valence-electron chi connectivity index (χ3n) is 6.07. The van der Waals surface area contributed by atoms with Crippen LogP contribution in [0.15, 0.2) is 82.2 Å². The van der Waals surface area contributed by atoms with Crippen molar-refractivity contribution >= 4 is 28.4 Å². The first-order valence-corrected chi connectivity index (χ1v) is 12.3. The summed E-state index contributed by atoms with van der Waals surface area (Å²) in [4.78, 5) is 16.4. The molecule has 1 aliphatic rings. The van der Waals surface area contributed by atoms with E-state index in [9.17, 15) is 10.1 Å². The minimum absolute atomic E-state index is 0.0615. The Morgan fingerprint density at radius 3 is 2.58 bits per heavy atom. The van der Waals surface area contributed by atoms with E-state index in [2.05, 4.69) is 17.1 Å². The molecule has 0 radical (unpaired) electrons. The molecule has 0 aliphatic heterocycles. The molecular formula is C27H24N4O4S. The molecule has 36 heavy (non-hydrogen) atoms. The summed E-state index contributed by atoms with van der Waals surface area (Å²) in [5.41, 5.74) is 5.07. The molecule has 0 spiro atoms. The van der Waals surface area contributed by atoms with Gasteiger partial charge in [-0.15, -0.1) is 11.3 Å². The number of para-hydroxylation sites is 2. The van der Waals surface area contributed by atoms with Crippen LogP contribution in [0.5, 0.6) is 11.5 Å². The van der Waals surface area contributed by atoms with E-state index in [1.54, 1.807) is 37.1 Å². The van der Waals surface area contributed by atoms with Gasteiger partial charge in [0.25, 0.3) is 5.69 Å². The van der Waals surface area contributed by atoms with Crippen molar-refractivity contribution in [2.24, 2.45) is 10.1 Å². The lowest BCUT2D eigenvalue weighted by atomic mass is 9.90. The van der Waals surface area contributed by atoms with Gasteiger partial charge in [-0.25, -0.2) is 9.67 Å². The molecule has 0 saturated heterocycles. The van der Waals surface area contributed by atoms with Gasteiger partial charge in [-0.05, 0) is 49.1 Å². The summed E-state index contributed by atoms with van der Waals surface area (Å²) in [6.07, 6.45) is 2.82. The second kappa shape index (κ2) is 10.2. The molecule has 0 bridgehead atoms. The van der Waals surface area contributed by atoms with Crippen LogP contribution >= 0.6 is 11.3 Å². The molecule has 1 heterocycles. The molecule has 0 saturated carbocycles. The largest absolute Gasteiger partial charge is 0.497 e. The Labute approximate surface area is 211 Å². The number of aromatic nitrogens is 1. The van der Waals surface area contributed by atoms with E-state index in [0.717, 1.165) is 41.8 Å². The van der Waals surface area contributed by atoms with Crippen LogP contribution in [0.3, 0.4) is 0 Å². The maximum absolute atomic E-state index is 11.6. The highest BCUT2D eigenvalue weighted by atomic mass is 32.1. The minimum atomic E-state index is -0.425. The van der Waals surface area contributed by atoms with Crippen molar-refractivity contribution in [2.45, 2.75) is 19.3 Å². The number of thiazole rings is 1. The number of hydrogen-bond acceptors (Lipinski definition) is 7. The van der Waals surface area contributed by atoms with Gasteiger partial charge in [-0.2, -0.15) is 5.10 Å². The Hall–Kier alpha value is -4.24. The lowest BCUT2D eigenvalue weighted by molar-refractivity contribution is -0.384. The van der Waals surface area contributed by atoms with Crippen molar-refractivity contribution in [3.63, 3.8) is 0 Å². The smallest absolute Gasteiger partial charge is 0.294 e. The van der Waals surface area contributed by atoms with Crippen LogP contribution < -0.4 is 14.3 Å². The van der Waals surface area contributed by atoms with Crippen LogP contribution in [0, 0.1) is 10.1 Å². The van der Waals surface area contributed by atoms with Crippen LogP contribution in [0.1, 0.15) is 24.0 Å². The van der Waals surface area contributed by atoms with E-state index in [-0.39, 0.29) is 11.4 Å². The average molecular weight is 501 g/mol. The van der Waals surface area contributed by atoms with Crippen LogP contribution in [-0.4, -0.2) is 29.5 Å². The monoisotopic (exact) mass is 500 g/mol. The summed E-state index contributed by atoms with van der Waals surface area (Å²) in [6, 6.07) is 20.3. The zero-order chi connectivity index (χ0) is 25.1. The number of methoxy groups -OCH3 is 2. The normalized spacial score (nSPS) is 14.5. The SMILES string of the molecule is COc1ccc(OC)c(-c2csc(=Nc3ccccc3[N+](=O)[O-])n2N=C2CCCc3ccccc32)c1. The van der Waals surface area contributed by atoms with Gasteiger partial charge in [0.1, 0.15) is 17.2 Å². The molecule has 9 heteroatoms. The molecule has 0 amide bonds. The summed E-state index contributed by atoms with van der Waals surface area (Å²) in [5, 5.41) is 18.6. The minimum Gasteiger partial charge on any atom is -0.497 e. The summed E-state index contributed by atoms with van der Waals surface area (Å²) in [7, 11) is 3.23. The summed E-state index contributed by atoms with van der Waals surface area (Å²) in [5.74, 6) is 1.33. The second-order valence-electron chi connectivity index (χ2n) is 8.20. The lowest BCUT2D eigenvalue weighted by Crippen LogP contribution is -2.18.